The maximum absolute atomic E-state index is 12.2. The van der Waals surface area contributed by atoms with Gasteiger partial charge in [-0.3, -0.25) is 9.59 Å². The van der Waals surface area contributed by atoms with E-state index in [4.69, 9.17) is 5.11 Å². The summed E-state index contributed by atoms with van der Waals surface area (Å²) in [6.07, 6.45) is -4.15. The number of hydrogen-bond donors (Lipinski definition) is 2. The number of carboxylic acid groups (broad SMARTS) is 1. The Hall–Kier alpha value is -1.31. The molecule has 0 spiro atoms. The summed E-state index contributed by atoms with van der Waals surface area (Å²) < 4.78 is 36.6. The van der Waals surface area contributed by atoms with Gasteiger partial charge in [0, 0.05) is 6.54 Å². The number of nitrogens with zero attached hydrogens (tertiary/aromatic N) is 1. The maximum Gasteiger partial charge on any atom is 0.406 e. The molecular weight excluding hydrogens is 241 g/mol. The highest BCUT2D eigenvalue weighted by Gasteiger charge is 2.36. The molecule has 1 amide bonds. The third kappa shape index (κ3) is 4.59. The van der Waals surface area contributed by atoms with Crippen molar-refractivity contribution >= 4 is 11.9 Å². The van der Waals surface area contributed by atoms with E-state index in [0.29, 0.717) is 24.4 Å². The summed E-state index contributed by atoms with van der Waals surface area (Å²) >= 11 is 0. The molecule has 8 heteroatoms. The van der Waals surface area contributed by atoms with E-state index >= 15 is 0 Å². The third-order valence-electron chi connectivity index (χ3n) is 2.42. The van der Waals surface area contributed by atoms with Crippen LogP contribution in [0.3, 0.4) is 0 Å². The number of nitrogens with one attached hydrogen (secondary N) is 1. The normalized spacial score (nSPS) is 20.3. The molecule has 0 aliphatic carbocycles. The molecule has 5 nitrogen and oxygen atoms in total. The lowest BCUT2D eigenvalue weighted by atomic mass is 10.1. The van der Waals surface area contributed by atoms with Crippen molar-refractivity contribution in [1.82, 2.24) is 10.2 Å². The number of carboxylic acids is 1. The van der Waals surface area contributed by atoms with Crippen LogP contribution in [0.2, 0.25) is 0 Å². The molecule has 1 saturated heterocycles. The van der Waals surface area contributed by atoms with Gasteiger partial charge in [-0.2, -0.15) is 13.2 Å². The molecule has 0 aromatic rings. The summed E-state index contributed by atoms with van der Waals surface area (Å²) in [4.78, 5) is 22.5. The molecule has 1 fully saturated rings. The number of halogens is 3. The lowest BCUT2D eigenvalue weighted by molar-refractivity contribution is -0.167. The van der Waals surface area contributed by atoms with Gasteiger partial charge in [0.25, 0.3) is 0 Å². The van der Waals surface area contributed by atoms with Gasteiger partial charge in [0.05, 0.1) is 5.92 Å². The molecule has 1 atom stereocenters. The minimum Gasteiger partial charge on any atom is -0.480 e. The van der Waals surface area contributed by atoms with Crippen molar-refractivity contribution in [2.45, 2.75) is 12.6 Å². The van der Waals surface area contributed by atoms with E-state index in [0.717, 1.165) is 0 Å². The zero-order valence-electron chi connectivity index (χ0n) is 8.96. The zero-order valence-corrected chi connectivity index (χ0v) is 8.96. The molecule has 0 saturated carbocycles. The summed E-state index contributed by atoms with van der Waals surface area (Å²) in [5, 5.41) is 11.3. The fourth-order valence-electron chi connectivity index (χ4n) is 1.72. The van der Waals surface area contributed by atoms with Gasteiger partial charge >= 0.3 is 12.1 Å². The highest BCUT2D eigenvalue weighted by atomic mass is 19.4. The van der Waals surface area contributed by atoms with Crippen molar-refractivity contribution in [2.75, 3.05) is 26.2 Å². The predicted molar refractivity (Wildman–Crippen MR) is 51.2 cm³/mol. The van der Waals surface area contributed by atoms with Crippen molar-refractivity contribution < 1.29 is 27.9 Å². The van der Waals surface area contributed by atoms with Gasteiger partial charge in [-0.1, -0.05) is 0 Å². The fraction of sp³-hybridized carbons (Fsp3) is 0.778. The van der Waals surface area contributed by atoms with Crippen LogP contribution in [0.4, 0.5) is 13.2 Å². The lowest BCUT2D eigenvalue weighted by Crippen LogP contribution is -2.45. The quantitative estimate of drug-likeness (QED) is 0.745. The van der Waals surface area contributed by atoms with E-state index in [9.17, 15) is 22.8 Å². The molecule has 0 radical (unpaired) electrons. The van der Waals surface area contributed by atoms with Crippen LogP contribution in [-0.4, -0.2) is 54.2 Å². The molecule has 1 unspecified atom stereocenters. The molecule has 17 heavy (non-hydrogen) atoms. The predicted octanol–water partition coefficient (Wildman–Crippen LogP) is 0.0714. The summed E-state index contributed by atoms with van der Waals surface area (Å²) in [5.74, 6) is -2.76. The number of aliphatic carboxylic acids is 1. The van der Waals surface area contributed by atoms with E-state index in [1.807, 2.05) is 0 Å². The molecule has 98 valence electrons. The fourth-order valence-corrected chi connectivity index (χ4v) is 1.72. The summed E-state index contributed by atoms with van der Waals surface area (Å²) in [6.45, 7) is -1.58. The molecule has 0 aromatic heterocycles. The van der Waals surface area contributed by atoms with E-state index in [1.165, 1.54) is 0 Å². The summed E-state index contributed by atoms with van der Waals surface area (Å²) in [5.41, 5.74) is 0. The molecule has 2 N–H and O–H groups in total. The number of amides is 1. The largest absolute Gasteiger partial charge is 0.480 e. The topological polar surface area (TPSA) is 69.6 Å². The van der Waals surface area contributed by atoms with Gasteiger partial charge < -0.3 is 15.3 Å². The van der Waals surface area contributed by atoms with Crippen LogP contribution >= 0.6 is 0 Å². The number of carbonyl (C=O) groups excluding carboxylic acids is 1. The van der Waals surface area contributed by atoms with Crippen LogP contribution in [0.5, 0.6) is 0 Å². The number of hydrogen-bond acceptors (Lipinski definition) is 3. The van der Waals surface area contributed by atoms with Crippen LogP contribution in [0.25, 0.3) is 0 Å². The Labute approximate surface area is 95.6 Å². The van der Waals surface area contributed by atoms with E-state index < -0.39 is 37.1 Å². The monoisotopic (exact) mass is 254 g/mol. The van der Waals surface area contributed by atoms with Gasteiger partial charge in [0.1, 0.15) is 13.1 Å². The van der Waals surface area contributed by atoms with Crippen LogP contribution < -0.4 is 5.32 Å². The maximum atomic E-state index is 12.2. The molecule has 0 bridgehead atoms. The first-order valence-electron chi connectivity index (χ1n) is 5.07. The number of rotatable bonds is 4. The van der Waals surface area contributed by atoms with Crippen molar-refractivity contribution in [3.63, 3.8) is 0 Å². The Morgan fingerprint density at radius 2 is 2.06 bits per heavy atom. The van der Waals surface area contributed by atoms with E-state index in [-0.39, 0.29) is 0 Å². The Balaban J connectivity index is 2.67. The zero-order chi connectivity index (χ0) is 13.1. The Morgan fingerprint density at radius 1 is 1.41 bits per heavy atom. The van der Waals surface area contributed by atoms with Crippen LogP contribution in [0.1, 0.15) is 6.42 Å². The van der Waals surface area contributed by atoms with Gasteiger partial charge in [0.15, 0.2) is 0 Å². The van der Waals surface area contributed by atoms with Gasteiger partial charge in [-0.05, 0) is 13.0 Å². The highest BCUT2D eigenvalue weighted by molar-refractivity contribution is 5.83. The Morgan fingerprint density at radius 3 is 2.47 bits per heavy atom. The molecule has 0 aromatic carbocycles. The van der Waals surface area contributed by atoms with Crippen LogP contribution in [-0.2, 0) is 9.59 Å². The molecule has 1 aliphatic rings. The second kappa shape index (κ2) is 5.35. The first kappa shape index (κ1) is 13.8. The van der Waals surface area contributed by atoms with Crippen molar-refractivity contribution in [2.24, 2.45) is 5.92 Å². The Bertz CT molecular complexity index is 300. The average molecular weight is 254 g/mol. The minimum absolute atomic E-state index is 0.298. The number of alkyl halides is 3. The van der Waals surface area contributed by atoms with Gasteiger partial charge in [-0.15, -0.1) is 0 Å². The first-order chi connectivity index (χ1) is 7.79. The first-order valence-corrected chi connectivity index (χ1v) is 5.07. The SMILES string of the molecule is O=C(O)CN(CC(F)(F)F)C(=O)C1CCNC1. The third-order valence-corrected chi connectivity index (χ3v) is 2.42. The molecule has 1 heterocycles. The van der Waals surface area contributed by atoms with Gasteiger partial charge in [-0.25, -0.2) is 0 Å². The van der Waals surface area contributed by atoms with E-state index in [1.54, 1.807) is 0 Å². The average Bonchev–Trinajstić information content (AvgIpc) is 2.65. The van der Waals surface area contributed by atoms with Crippen LogP contribution in [0, 0.1) is 5.92 Å². The highest BCUT2D eigenvalue weighted by Crippen LogP contribution is 2.19. The standard InChI is InChI=1S/C9H13F3N2O3/c10-9(11,12)5-14(4-7(15)16)8(17)6-1-2-13-3-6/h6,13H,1-5H2,(H,15,16). The van der Waals surface area contributed by atoms with Crippen molar-refractivity contribution in [1.29, 1.82) is 0 Å². The minimum atomic E-state index is -4.59. The Kier molecular flexibility index (Phi) is 4.33. The second-order valence-electron chi connectivity index (χ2n) is 3.89. The lowest BCUT2D eigenvalue weighted by Gasteiger charge is -2.24. The second-order valence-corrected chi connectivity index (χ2v) is 3.89. The molecule has 1 aliphatic heterocycles. The summed E-state index contributed by atoms with van der Waals surface area (Å²) in [6, 6.07) is 0. The van der Waals surface area contributed by atoms with Crippen LogP contribution in [0.15, 0.2) is 0 Å². The smallest absolute Gasteiger partial charge is 0.406 e. The molecular formula is C9H13F3N2O3. The van der Waals surface area contributed by atoms with E-state index in [2.05, 4.69) is 5.32 Å². The molecule has 1 rings (SSSR count). The number of carbonyl (C=O) groups is 2. The summed E-state index contributed by atoms with van der Waals surface area (Å²) in [7, 11) is 0. The van der Waals surface area contributed by atoms with Gasteiger partial charge in [0.2, 0.25) is 5.91 Å². The van der Waals surface area contributed by atoms with Crippen molar-refractivity contribution in [3.05, 3.63) is 0 Å². The van der Waals surface area contributed by atoms with Crippen molar-refractivity contribution in [3.8, 4) is 0 Å².